The molecule has 5 N–H and O–H groups in total. The summed E-state index contributed by atoms with van der Waals surface area (Å²) in [5, 5.41) is 2.69. The fourth-order valence-corrected chi connectivity index (χ4v) is 5.76. The fraction of sp³-hybridized carbons (Fsp3) is 0.556. The smallest absolute Gasteiger partial charge is 0.338 e. The van der Waals surface area contributed by atoms with Crippen LogP contribution in [-0.4, -0.2) is 94.1 Å². The summed E-state index contributed by atoms with van der Waals surface area (Å²) in [7, 11) is 0. The van der Waals surface area contributed by atoms with E-state index < -0.39 is 11.2 Å². The summed E-state index contributed by atoms with van der Waals surface area (Å²) in [6.45, 7) is 9.11. The Morgan fingerprint density at radius 1 is 1.03 bits per heavy atom. The SMILES string of the molecule is CC(C)(N)C(=O)N1CCN(C(=O)Nc2ccn(-c3ccc(CCN4CC5C(CN)C5C4)cc3)c(=O)n2)CC1. The number of likely N-dealkylation sites (tertiary alicyclic amines) is 1. The highest BCUT2D eigenvalue weighted by molar-refractivity contribution is 5.89. The molecule has 1 aromatic carbocycles. The Kier molecular flexibility index (Phi) is 7.26. The molecule has 5 rings (SSSR count). The van der Waals surface area contributed by atoms with E-state index >= 15 is 0 Å². The van der Waals surface area contributed by atoms with Crippen LogP contribution in [0.25, 0.3) is 5.69 Å². The van der Waals surface area contributed by atoms with E-state index in [2.05, 4.69) is 15.2 Å². The second-order valence-corrected chi connectivity index (χ2v) is 11.3. The van der Waals surface area contributed by atoms with Crippen LogP contribution in [0.2, 0.25) is 0 Å². The van der Waals surface area contributed by atoms with Gasteiger partial charge in [-0.05, 0) is 68.3 Å². The van der Waals surface area contributed by atoms with Crippen molar-refractivity contribution in [1.29, 1.82) is 0 Å². The van der Waals surface area contributed by atoms with Gasteiger partial charge in [-0.1, -0.05) is 12.1 Å². The molecule has 3 fully saturated rings. The van der Waals surface area contributed by atoms with E-state index in [4.69, 9.17) is 11.5 Å². The molecule has 1 aliphatic carbocycles. The van der Waals surface area contributed by atoms with Gasteiger partial charge in [0, 0.05) is 52.0 Å². The molecule has 0 radical (unpaired) electrons. The van der Waals surface area contributed by atoms with Crippen molar-refractivity contribution in [2.75, 3.05) is 57.7 Å². The molecule has 204 valence electrons. The molecule has 2 aliphatic heterocycles. The zero-order valence-electron chi connectivity index (χ0n) is 22.2. The summed E-state index contributed by atoms with van der Waals surface area (Å²) in [4.78, 5) is 47.6. The first kappa shape index (κ1) is 26.3. The minimum Gasteiger partial charge on any atom is -0.338 e. The molecule has 11 nitrogen and oxygen atoms in total. The van der Waals surface area contributed by atoms with Crippen molar-refractivity contribution < 1.29 is 9.59 Å². The number of anilines is 1. The molecule has 2 aromatic rings. The average Bonchev–Trinajstić information content (AvgIpc) is 3.38. The second kappa shape index (κ2) is 10.5. The van der Waals surface area contributed by atoms with E-state index in [-0.39, 0.29) is 17.8 Å². The molecule has 2 atom stereocenters. The Hall–Kier alpha value is -3.28. The number of benzene rings is 1. The third-order valence-electron chi connectivity index (χ3n) is 8.09. The molecule has 0 bridgehead atoms. The van der Waals surface area contributed by atoms with Gasteiger partial charge in [-0.25, -0.2) is 9.59 Å². The number of rotatable bonds is 7. The third kappa shape index (κ3) is 5.59. The highest BCUT2D eigenvalue weighted by Crippen LogP contribution is 2.50. The molecule has 38 heavy (non-hydrogen) atoms. The van der Waals surface area contributed by atoms with Crippen LogP contribution in [-0.2, 0) is 11.2 Å². The maximum atomic E-state index is 12.7. The number of piperazine rings is 1. The van der Waals surface area contributed by atoms with Crippen LogP contribution >= 0.6 is 0 Å². The number of piperidine rings is 1. The Morgan fingerprint density at radius 3 is 2.24 bits per heavy atom. The number of amides is 3. The van der Waals surface area contributed by atoms with Crippen LogP contribution in [0.4, 0.5) is 10.6 Å². The van der Waals surface area contributed by atoms with Crippen molar-refractivity contribution in [2.24, 2.45) is 29.2 Å². The Labute approximate surface area is 222 Å². The normalized spacial score (nSPS) is 23.3. The van der Waals surface area contributed by atoms with Crippen molar-refractivity contribution in [3.8, 4) is 5.69 Å². The molecule has 3 amide bonds. The quantitative estimate of drug-likeness (QED) is 0.475. The lowest BCUT2D eigenvalue weighted by atomic mass is 10.1. The standard InChI is InChI=1S/C27H38N8O3/c1-27(2,29)24(36)33-11-13-34(14-12-33)25(37)30-23-8-10-35(26(38)31-23)19-5-3-18(4-6-19)7-9-32-16-21-20(15-28)22(21)17-32/h3-6,8,10,20-22H,7,9,11-17,28-29H2,1-2H3,(H,30,31,37,38). The molecular formula is C27H38N8O3. The summed E-state index contributed by atoms with van der Waals surface area (Å²) in [5.41, 5.74) is 12.3. The molecule has 11 heteroatoms. The summed E-state index contributed by atoms with van der Waals surface area (Å²) in [6, 6.07) is 9.20. The lowest BCUT2D eigenvalue weighted by molar-refractivity contribution is -0.137. The summed E-state index contributed by atoms with van der Waals surface area (Å²) in [5.74, 6) is 2.41. The maximum Gasteiger partial charge on any atom is 0.354 e. The number of carbonyl (C=O) groups excluding carboxylic acids is 2. The first-order chi connectivity index (χ1) is 18.1. The van der Waals surface area contributed by atoms with Crippen molar-refractivity contribution in [2.45, 2.75) is 25.8 Å². The predicted molar refractivity (Wildman–Crippen MR) is 145 cm³/mol. The number of hydrogen-bond acceptors (Lipinski definition) is 7. The van der Waals surface area contributed by atoms with Gasteiger partial charge in [-0.3, -0.25) is 14.7 Å². The third-order valence-corrected chi connectivity index (χ3v) is 8.09. The first-order valence-corrected chi connectivity index (χ1v) is 13.4. The van der Waals surface area contributed by atoms with Crippen molar-refractivity contribution >= 4 is 17.8 Å². The van der Waals surface area contributed by atoms with Gasteiger partial charge >= 0.3 is 11.7 Å². The first-order valence-electron chi connectivity index (χ1n) is 13.4. The zero-order chi connectivity index (χ0) is 27.0. The molecule has 1 saturated carbocycles. The van der Waals surface area contributed by atoms with Crippen LogP contribution in [0.15, 0.2) is 41.3 Å². The molecule has 0 spiro atoms. The lowest BCUT2D eigenvalue weighted by Crippen LogP contribution is -2.58. The van der Waals surface area contributed by atoms with Gasteiger partial charge in [0.15, 0.2) is 0 Å². The molecule has 1 aromatic heterocycles. The minimum atomic E-state index is -0.943. The Morgan fingerprint density at radius 2 is 1.66 bits per heavy atom. The van der Waals surface area contributed by atoms with Crippen molar-refractivity contribution in [3.63, 3.8) is 0 Å². The van der Waals surface area contributed by atoms with E-state index in [1.165, 1.54) is 10.1 Å². The van der Waals surface area contributed by atoms with Crippen LogP contribution in [0, 0.1) is 17.8 Å². The number of carbonyl (C=O) groups is 2. The van der Waals surface area contributed by atoms with Crippen LogP contribution in [0.3, 0.4) is 0 Å². The lowest BCUT2D eigenvalue weighted by Gasteiger charge is -2.37. The number of nitrogens with two attached hydrogens (primary N) is 2. The van der Waals surface area contributed by atoms with Crippen LogP contribution < -0.4 is 22.5 Å². The largest absolute Gasteiger partial charge is 0.354 e. The number of aromatic nitrogens is 2. The van der Waals surface area contributed by atoms with E-state index in [1.54, 1.807) is 35.9 Å². The fourth-order valence-electron chi connectivity index (χ4n) is 5.76. The molecule has 2 saturated heterocycles. The summed E-state index contributed by atoms with van der Waals surface area (Å²) >= 11 is 0. The van der Waals surface area contributed by atoms with Gasteiger partial charge in [-0.15, -0.1) is 0 Å². The molecule has 3 heterocycles. The van der Waals surface area contributed by atoms with Gasteiger partial charge in [0.2, 0.25) is 5.91 Å². The highest BCUT2D eigenvalue weighted by Gasteiger charge is 2.54. The predicted octanol–water partition coefficient (Wildman–Crippen LogP) is 0.325. The van der Waals surface area contributed by atoms with Gasteiger partial charge in [0.05, 0.1) is 11.2 Å². The molecule has 3 aliphatic rings. The van der Waals surface area contributed by atoms with Crippen molar-refractivity contribution in [3.05, 3.63) is 52.6 Å². The summed E-state index contributed by atoms with van der Waals surface area (Å²) in [6.07, 6.45) is 2.59. The Balaban J connectivity index is 1.11. The van der Waals surface area contributed by atoms with E-state index in [0.29, 0.717) is 26.2 Å². The van der Waals surface area contributed by atoms with E-state index in [0.717, 1.165) is 56.0 Å². The summed E-state index contributed by atoms with van der Waals surface area (Å²) < 4.78 is 1.46. The second-order valence-electron chi connectivity index (χ2n) is 11.3. The number of nitrogens with zero attached hydrogens (tertiary/aromatic N) is 5. The minimum absolute atomic E-state index is 0.139. The Bertz CT molecular complexity index is 1220. The van der Waals surface area contributed by atoms with E-state index in [1.807, 2.05) is 24.3 Å². The number of fused-ring (bicyclic) bond motifs is 1. The van der Waals surface area contributed by atoms with Crippen molar-refractivity contribution in [1.82, 2.24) is 24.3 Å². The monoisotopic (exact) mass is 522 g/mol. The number of hydrogen-bond donors (Lipinski definition) is 3. The topological polar surface area (TPSA) is 143 Å². The van der Waals surface area contributed by atoms with Gasteiger partial charge < -0.3 is 26.2 Å². The molecule has 2 unspecified atom stereocenters. The van der Waals surface area contributed by atoms with E-state index in [9.17, 15) is 14.4 Å². The zero-order valence-corrected chi connectivity index (χ0v) is 22.2. The number of urea groups is 1. The van der Waals surface area contributed by atoms with Crippen LogP contribution in [0.1, 0.15) is 19.4 Å². The van der Waals surface area contributed by atoms with Crippen LogP contribution in [0.5, 0.6) is 0 Å². The average molecular weight is 523 g/mol. The van der Waals surface area contributed by atoms with Gasteiger partial charge in [0.25, 0.3) is 0 Å². The van der Waals surface area contributed by atoms with Gasteiger partial charge in [0.1, 0.15) is 5.82 Å². The molecular weight excluding hydrogens is 484 g/mol. The maximum absolute atomic E-state index is 12.7. The number of nitrogens with one attached hydrogen (secondary N) is 1. The highest BCUT2D eigenvalue weighted by atomic mass is 16.2. The van der Waals surface area contributed by atoms with Gasteiger partial charge in [-0.2, -0.15) is 4.98 Å².